The van der Waals surface area contributed by atoms with Crippen LogP contribution in [0.3, 0.4) is 0 Å². The Morgan fingerprint density at radius 3 is 2.62 bits per heavy atom. The van der Waals surface area contributed by atoms with Crippen molar-refractivity contribution in [2.75, 3.05) is 38.9 Å². The van der Waals surface area contributed by atoms with E-state index in [0.717, 1.165) is 42.2 Å². The van der Waals surface area contributed by atoms with Gasteiger partial charge in [0, 0.05) is 19.4 Å². The second kappa shape index (κ2) is 12.4. The zero-order chi connectivity index (χ0) is 28.2. The summed E-state index contributed by atoms with van der Waals surface area (Å²) in [7, 11) is -1.60. The van der Waals surface area contributed by atoms with Crippen molar-refractivity contribution in [3.05, 3.63) is 63.5 Å². The number of rotatable bonds is 10. The van der Waals surface area contributed by atoms with E-state index < -0.39 is 33.7 Å². The van der Waals surface area contributed by atoms with Crippen molar-refractivity contribution in [2.24, 2.45) is 0 Å². The highest BCUT2D eigenvalue weighted by atomic mass is 32.2. The fourth-order valence-corrected chi connectivity index (χ4v) is 5.91. The van der Waals surface area contributed by atoms with Crippen LogP contribution in [0.4, 0.5) is 4.39 Å². The number of hydrogen-bond acceptors (Lipinski definition) is 7. The van der Waals surface area contributed by atoms with Crippen molar-refractivity contribution in [3.63, 3.8) is 0 Å². The molecule has 1 unspecified atom stereocenters. The zero-order valence-corrected chi connectivity index (χ0v) is 23.0. The quantitative estimate of drug-likeness (QED) is 0.378. The van der Waals surface area contributed by atoms with Gasteiger partial charge in [0.05, 0.1) is 42.7 Å². The molecule has 2 aromatic carbocycles. The molecule has 0 aromatic heterocycles. The van der Waals surface area contributed by atoms with Crippen LogP contribution in [0.25, 0.3) is 0 Å². The van der Waals surface area contributed by atoms with Gasteiger partial charge in [0.1, 0.15) is 21.4 Å². The Kier molecular flexibility index (Phi) is 9.24. The molecule has 1 heterocycles. The molecule has 1 aliphatic heterocycles. The predicted molar refractivity (Wildman–Crippen MR) is 144 cm³/mol. The van der Waals surface area contributed by atoms with E-state index in [-0.39, 0.29) is 36.8 Å². The molecule has 0 bridgehead atoms. The smallest absolute Gasteiger partial charge is 0.255 e. The summed E-state index contributed by atoms with van der Waals surface area (Å²) in [6.07, 6.45) is 3.94. The number of hydrogen-bond donors (Lipinski definition) is 3. The minimum absolute atomic E-state index is 0.0590. The molecule has 3 N–H and O–H groups in total. The highest BCUT2D eigenvalue weighted by Crippen LogP contribution is 2.37. The number of nitrogens with one attached hydrogen (secondary N) is 2. The molecule has 212 valence electrons. The molecule has 9 nitrogen and oxygen atoms in total. The number of sulfone groups is 1. The fraction of sp³-hybridized carbons (Fsp3) is 0.500. The number of benzene rings is 2. The molecule has 2 aromatic rings. The maximum absolute atomic E-state index is 14.9. The van der Waals surface area contributed by atoms with E-state index in [1.54, 1.807) is 12.1 Å². The van der Waals surface area contributed by atoms with Crippen LogP contribution in [0, 0.1) is 5.82 Å². The number of halogens is 1. The van der Waals surface area contributed by atoms with Gasteiger partial charge in [-0.25, -0.2) is 12.8 Å². The van der Waals surface area contributed by atoms with Crippen LogP contribution < -0.4 is 15.4 Å². The number of fused-ring (bicyclic) bond motifs is 1. The summed E-state index contributed by atoms with van der Waals surface area (Å²) in [4.78, 5) is 25.7. The molecule has 2 aliphatic rings. The molecule has 4 rings (SSSR count). The minimum Gasteiger partial charge on any atom is -0.496 e. The standard InChI is InChI=1S/C28H35FN2O7S/c1-37-26-20-6-3-5-19(20)18(15-22(26)28(34)31-24-9-11-38-16-25(24)32)13-17-7-8-21(23(29)14-17)27(33)30-10-4-12-39(2,35)36/h7-8,14-15,24-25,32H,3-6,9-13,16H2,1-2H3,(H,30,33)(H,31,34)/t24?,25-/m0/s1. The molecule has 0 saturated carbocycles. The van der Waals surface area contributed by atoms with E-state index in [0.29, 0.717) is 36.3 Å². The summed E-state index contributed by atoms with van der Waals surface area (Å²) in [6.45, 7) is 0.743. The Morgan fingerprint density at radius 1 is 1.15 bits per heavy atom. The third-order valence-electron chi connectivity index (χ3n) is 7.18. The maximum atomic E-state index is 14.9. The monoisotopic (exact) mass is 562 g/mol. The van der Waals surface area contributed by atoms with Crippen molar-refractivity contribution in [1.82, 2.24) is 10.6 Å². The highest BCUT2D eigenvalue weighted by Gasteiger charge is 2.30. The van der Waals surface area contributed by atoms with Gasteiger partial charge in [0.25, 0.3) is 11.8 Å². The van der Waals surface area contributed by atoms with Crippen molar-refractivity contribution in [3.8, 4) is 5.75 Å². The van der Waals surface area contributed by atoms with Gasteiger partial charge in [-0.2, -0.15) is 0 Å². The summed E-state index contributed by atoms with van der Waals surface area (Å²) < 4.78 is 48.3. The lowest BCUT2D eigenvalue weighted by molar-refractivity contribution is -0.0261. The minimum atomic E-state index is -3.13. The Labute approximate surface area is 228 Å². The summed E-state index contributed by atoms with van der Waals surface area (Å²) in [5.74, 6) is -1.16. The van der Waals surface area contributed by atoms with Gasteiger partial charge < -0.3 is 25.2 Å². The van der Waals surface area contributed by atoms with Crippen LogP contribution in [0.5, 0.6) is 5.75 Å². The van der Waals surface area contributed by atoms with E-state index in [9.17, 15) is 27.5 Å². The molecule has 39 heavy (non-hydrogen) atoms. The molecule has 0 spiro atoms. The SMILES string of the molecule is COc1c(C(=O)NC2CCOC[C@@H]2O)cc(Cc2ccc(C(=O)NCCCS(C)(=O)=O)c(F)c2)c2c1CCC2. The Balaban J connectivity index is 1.53. The van der Waals surface area contributed by atoms with E-state index in [4.69, 9.17) is 9.47 Å². The van der Waals surface area contributed by atoms with E-state index >= 15 is 0 Å². The lowest BCUT2D eigenvalue weighted by Gasteiger charge is -2.29. The van der Waals surface area contributed by atoms with Gasteiger partial charge in [-0.3, -0.25) is 9.59 Å². The van der Waals surface area contributed by atoms with Crippen molar-refractivity contribution < 1.29 is 37.0 Å². The van der Waals surface area contributed by atoms with Crippen LogP contribution in [-0.4, -0.2) is 76.4 Å². The van der Waals surface area contributed by atoms with E-state index in [2.05, 4.69) is 10.6 Å². The lowest BCUT2D eigenvalue weighted by Crippen LogP contribution is -2.48. The van der Waals surface area contributed by atoms with Gasteiger partial charge in [-0.1, -0.05) is 6.07 Å². The average molecular weight is 563 g/mol. The molecular weight excluding hydrogens is 527 g/mol. The fourth-order valence-electron chi connectivity index (χ4n) is 5.24. The average Bonchev–Trinajstić information content (AvgIpc) is 3.37. The molecular formula is C28H35FN2O7S. The van der Waals surface area contributed by atoms with Crippen LogP contribution in [0.2, 0.25) is 0 Å². The van der Waals surface area contributed by atoms with Gasteiger partial charge in [0.15, 0.2) is 0 Å². The van der Waals surface area contributed by atoms with Gasteiger partial charge in [-0.15, -0.1) is 0 Å². The Bertz CT molecular complexity index is 1350. The number of carbonyl (C=O) groups excluding carboxylic acids is 2. The van der Waals surface area contributed by atoms with Crippen molar-refractivity contribution in [1.29, 1.82) is 0 Å². The Morgan fingerprint density at radius 2 is 1.92 bits per heavy atom. The number of aliphatic hydroxyl groups is 1. The normalized spacial score (nSPS) is 18.9. The van der Waals surface area contributed by atoms with Crippen molar-refractivity contribution in [2.45, 2.75) is 50.7 Å². The first-order valence-corrected chi connectivity index (χ1v) is 15.2. The van der Waals surface area contributed by atoms with E-state index in [1.165, 1.54) is 19.2 Å². The molecule has 1 fully saturated rings. The summed E-state index contributed by atoms with van der Waals surface area (Å²) >= 11 is 0. The maximum Gasteiger partial charge on any atom is 0.255 e. The van der Waals surface area contributed by atoms with Crippen LogP contribution in [-0.2, 0) is 33.8 Å². The largest absolute Gasteiger partial charge is 0.496 e. The third kappa shape index (κ3) is 7.14. The first kappa shape index (κ1) is 29.0. The summed E-state index contributed by atoms with van der Waals surface area (Å²) in [6, 6.07) is 5.77. The Hall–Kier alpha value is -3.02. The van der Waals surface area contributed by atoms with Gasteiger partial charge in [-0.05, 0) is 79.0 Å². The summed E-state index contributed by atoms with van der Waals surface area (Å²) in [5.41, 5.74) is 3.84. The zero-order valence-electron chi connectivity index (χ0n) is 22.2. The highest BCUT2D eigenvalue weighted by molar-refractivity contribution is 7.90. The van der Waals surface area contributed by atoms with Crippen molar-refractivity contribution >= 4 is 21.7 Å². The van der Waals surface area contributed by atoms with Crippen LogP contribution >= 0.6 is 0 Å². The molecule has 2 amide bonds. The molecule has 11 heteroatoms. The summed E-state index contributed by atoms with van der Waals surface area (Å²) in [5, 5.41) is 15.7. The lowest BCUT2D eigenvalue weighted by atomic mass is 9.92. The number of amides is 2. The third-order valence-corrected chi connectivity index (χ3v) is 8.21. The predicted octanol–water partition coefficient (Wildman–Crippen LogP) is 1.96. The number of aliphatic hydroxyl groups excluding tert-OH is 1. The number of ether oxygens (including phenoxy) is 2. The first-order chi connectivity index (χ1) is 18.6. The number of methoxy groups -OCH3 is 1. The number of carbonyl (C=O) groups is 2. The molecule has 1 saturated heterocycles. The molecule has 2 atom stereocenters. The topological polar surface area (TPSA) is 131 Å². The van der Waals surface area contributed by atoms with Crippen LogP contribution in [0.1, 0.15) is 62.2 Å². The van der Waals surface area contributed by atoms with Crippen LogP contribution in [0.15, 0.2) is 24.3 Å². The van der Waals surface area contributed by atoms with Gasteiger partial charge in [0.2, 0.25) is 0 Å². The van der Waals surface area contributed by atoms with Gasteiger partial charge >= 0.3 is 0 Å². The first-order valence-electron chi connectivity index (χ1n) is 13.1. The molecule has 1 aliphatic carbocycles. The molecule has 0 radical (unpaired) electrons. The van der Waals surface area contributed by atoms with E-state index in [1.807, 2.05) is 0 Å². The second-order valence-electron chi connectivity index (χ2n) is 10.2. The second-order valence-corrected chi connectivity index (χ2v) is 12.4.